The Balaban J connectivity index is 1.96. The van der Waals surface area contributed by atoms with Crippen LogP contribution in [-0.2, 0) is 0 Å². The average molecular weight is 216 g/mol. The van der Waals surface area contributed by atoms with Gasteiger partial charge < -0.3 is 0 Å². The molecule has 1 saturated carbocycles. The standard InChI is InChI=1S/C16H24/c1-16(2,3)15-11-9-14(10-12-15)13-7-5-4-6-8-13/h4-8,14-15H,9-12H2,1-3H3. The third-order valence-corrected chi connectivity index (χ3v) is 4.22. The molecule has 1 aromatic carbocycles. The van der Waals surface area contributed by atoms with Gasteiger partial charge in [-0.05, 0) is 48.5 Å². The fraction of sp³-hybridized carbons (Fsp3) is 0.625. The first-order chi connectivity index (χ1) is 7.57. The Hall–Kier alpha value is -0.780. The molecule has 1 fully saturated rings. The summed E-state index contributed by atoms with van der Waals surface area (Å²) in [4.78, 5) is 0. The molecule has 0 unspecified atom stereocenters. The Labute approximate surface area is 100 Å². The molecule has 0 amide bonds. The van der Waals surface area contributed by atoms with Gasteiger partial charge in [-0.1, -0.05) is 51.1 Å². The van der Waals surface area contributed by atoms with Crippen molar-refractivity contribution in [2.75, 3.05) is 0 Å². The van der Waals surface area contributed by atoms with Crippen LogP contribution in [0.4, 0.5) is 0 Å². The van der Waals surface area contributed by atoms with Gasteiger partial charge >= 0.3 is 0 Å². The molecule has 0 heteroatoms. The monoisotopic (exact) mass is 216 g/mol. The molecule has 0 aromatic heterocycles. The maximum absolute atomic E-state index is 2.39. The van der Waals surface area contributed by atoms with Gasteiger partial charge in [0, 0.05) is 0 Å². The lowest BCUT2D eigenvalue weighted by Gasteiger charge is -2.37. The number of hydrogen-bond acceptors (Lipinski definition) is 0. The molecule has 1 aromatic rings. The lowest BCUT2D eigenvalue weighted by Crippen LogP contribution is -2.25. The molecule has 1 aliphatic carbocycles. The average Bonchev–Trinajstić information content (AvgIpc) is 2.29. The molecule has 0 N–H and O–H groups in total. The molecule has 1 aliphatic rings. The molecule has 0 nitrogen and oxygen atoms in total. The van der Waals surface area contributed by atoms with E-state index in [-0.39, 0.29) is 0 Å². The molecule has 88 valence electrons. The van der Waals surface area contributed by atoms with E-state index in [1.54, 1.807) is 5.56 Å². The van der Waals surface area contributed by atoms with Crippen LogP contribution >= 0.6 is 0 Å². The lowest BCUT2D eigenvalue weighted by atomic mass is 9.69. The highest BCUT2D eigenvalue weighted by Gasteiger charge is 2.29. The van der Waals surface area contributed by atoms with Gasteiger partial charge in [-0.3, -0.25) is 0 Å². The van der Waals surface area contributed by atoms with E-state index < -0.39 is 0 Å². The maximum Gasteiger partial charge on any atom is -0.0162 e. The fourth-order valence-corrected chi connectivity index (χ4v) is 3.02. The molecule has 0 bridgehead atoms. The Morgan fingerprint density at radius 1 is 0.875 bits per heavy atom. The first-order valence-electron chi connectivity index (χ1n) is 6.62. The second kappa shape index (κ2) is 4.61. The highest BCUT2D eigenvalue weighted by Crippen LogP contribution is 2.42. The molecular formula is C16H24. The van der Waals surface area contributed by atoms with Crippen molar-refractivity contribution >= 4 is 0 Å². The van der Waals surface area contributed by atoms with E-state index in [1.807, 2.05) is 0 Å². The van der Waals surface area contributed by atoms with Crippen LogP contribution in [0.5, 0.6) is 0 Å². The largest absolute Gasteiger partial charge is 0.0622 e. The van der Waals surface area contributed by atoms with Gasteiger partial charge in [0.05, 0.1) is 0 Å². The summed E-state index contributed by atoms with van der Waals surface area (Å²) in [6.45, 7) is 7.17. The first kappa shape index (κ1) is 11.7. The molecule has 0 saturated heterocycles. The zero-order valence-electron chi connectivity index (χ0n) is 10.9. The SMILES string of the molecule is CC(C)(C)C1CCC(c2ccccc2)CC1. The zero-order chi connectivity index (χ0) is 11.6. The van der Waals surface area contributed by atoms with Crippen LogP contribution in [0.25, 0.3) is 0 Å². The summed E-state index contributed by atoms with van der Waals surface area (Å²) in [7, 11) is 0. The summed E-state index contributed by atoms with van der Waals surface area (Å²) in [6.07, 6.45) is 5.57. The Kier molecular flexibility index (Phi) is 3.37. The van der Waals surface area contributed by atoms with Crippen LogP contribution in [0.1, 0.15) is 57.9 Å². The van der Waals surface area contributed by atoms with Crippen molar-refractivity contribution in [1.29, 1.82) is 0 Å². The van der Waals surface area contributed by atoms with Crippen LogP contribution < -0.4 is 0 Å². The summed E-state index contributed by atoms with van der Waals surface area (Å²) < 4.78 is 0. The summed E-state index contributed by atoms with van der Waals surface area (Å²) in [5.74, 6) is 1.74. The zero-order valence-corrected chi connectivity index (χ0v) is 10.9. The molecular weight excluding hydrogens is 192 g/mol. The van der Waals surface area contributed by atoms with Crippen molar-refractivity contribution in [2.45, 2.75) is 52.4 Å². The van der Waals surface area contributed by atoms with Crippen LogP contribution in [-0.4, -0.2) is 0 Å². The lowest BCUT2D eigenvalue weighted by molar-refractivity contribution is 0.169. The molecule has 0 heterocycles. The van der Waals surface area contributed by atoms with Gasteiger partial charge in [-0.25, -0.2) is 0 Å². The van der Waals surface area contributed by atoms with Gasteiger partial charge in [0.25, 0.3) is 0 Å². The van der Waals surface area contributed by atoms with Crippen LogP contribution in [0.2, 0.25) is 0 Å². The molecule has 16 heavy (non-hydrogen) atoms. The van der Waals surface area contributed by atoms with Gasteiger partial charge in [0.1, 0.15) is 0 Å². The molecule has 0 spiro atoms. The maximum atomic E-state index is 2.39. The summed E-state index contributed by atoms with van der Waals surface area (Å²) in [6, 6.07) is 11.0. The normalized spacial score (nSPS) is 26.7. The summed E-state index contributed by atoms with van der Waals surface area (Å²) in [5, 5.41) is 0. The minimum absolute atomic E-state index is 0.502. The summed E-state index contributed by atoms with van der Waals surface area (Å²) >= 11 is 0. The van der Waals surface area contributed by atoms with Crippen LogP contribution in [0.3, 0.4) is 0 Å². The van der Waals surface area contributed by atoms with Crippen molar-refractivity contribution in [1.82, 2.24) is 0 Å². The van der Waals surface area contributed by atoms with Crippen molar-refractivity contribution < 1.29 is 0 Å². The second-order valence-electron chi connectivity index (χ2n) is 6.33. The van der Waals surface area contributed by atoms with Gasteiger partial charge in [-0.15, -0.1) is 0 Å². The predicted molar refractivity (Wildman–Crippen MR) is 70.6 cm³/mol. The minimum Gasteiger partial charge on any atom is -0.0622 e. The van der Waals surface area contributed by atoms with Crippen molar-refractivity contribution in [3.8, 4) is 0 Å². The van der Waals surface area contributed by atoms with Crippen LogP contribution in [0.15, 0.2) is 30.3 Å². The molecule has 2 rings (SSSR count). The third kappa shape index (κ3) is 2.66. The smallest absolute Gasteiger partial charge is 0.0162 e. The molecule has 0 aliphatic heterocycles. The number of hydrogen-bond donors (Lipinski definition) is 0. The van der Waals surface area contributed by atoms with Crippen molar-refractivity contribution in [2.24, 2.45) is 11.3 Å². The van der Waals surface area contributed by atoms with E-state index in [1.165, 1.54) is 25.7 Å². The first-order valence-corrected chi connectivity index (χ1v) is 6.62. The Bertz CT molecular complexity index is 310. The summed E-state index contributed by atoms with van der Waals surface area (Å²) in [5.41, 5.74) is 2.05. The van der Waals surface area contributed by atoms with E-state index in [2.05, 4.69) is 51.1 Å². The quantitative estimate of drug-likeness (QED) is 0.619. The van der Waals surface area contributed by atoms with Crippen molar-refractivity contribution in [3.05, 3.63) is 35.9 Å². The second-order valence-corrected chi connectivity index (χ2v) is 6.33. The highest BCUT2D eigenvalue weighted by molar-refractivity contribution is 5.19. The number of rotatable bonds is 1. The fourth-order valence-electron chi connectivity index (χ4n) is 3.02. The van der Waals surface area contributed by atoms with E-state index in [4.69, 9.17) is 0 Å². The topological polar surface area (TPSA) is 0 Å². The molecule has 0 radical (unpaired) electrons. The Morgan fingerprint density at radius 2 is 1.44 bits per heavy atom. The van der Waals surface area contributed by atoms with Gasteiger partial charge in [0.2, 0.25) is 0 Å². The number of benzene rings is 1. The van der Waals surface area contributed by atoms with Gasteiger partial charge in [-0.2, -0.15) is 0 Å². The minimum atomic E-state index is 0.502. The molecule has 0 atom stereocenters. The van der Waals surface area contributed by atoms with Crippen molar-refractivity contribution in [3.63, 3.8) is 0 Å². The highest BCUT2D eigenvalue weighted by atomic mass is 14.3. The van der Waals surface area contributed by atoms with Crippen LogP contribution in [0, 0.1) is 11.3 Å². The van der Waals surface area contributed by atoms with E-state index in [0.29, 0.717) is 5.41 Å². The van der Waals surface area contributed by atoms with E-state index in [0.717, 1.165) is 11.8 Å². The predicted octanol–water partition coefficient (Wildman–Crippen LogP) is 5.01. The van der Waals surface area contributed by atoms with E-state index >= 15 is 0 Å². The third-order valence-electron chi connectivity index (χ3n) is 4.22. The van der Waals surface area contributed by atoms with E-state index in [9.17, 15) is 0 Å². The van der Waals surface area contributed by atoms with Gasteiger partial charge in [0.15, 0.2) is 0 Å². The Morgan fingerprint density at radius 3 is 1.94 bits per heavy atom.